The van der Waals surface area contributed by atoms with Gasteiger partial charge in [0.2, 0.25) is 21.8 Å². The van der Waals surface area contributed by atoms with Gasteiger partial charge >= 0.3 is 0 Å². The summed E-state index contributed by atoms with van der Waals surface area (Å²) >= 11 is 0. The van der Waals surface area contributed by atoms with Crippen LogP contribution in [0.3, 0.4) is 0 Å². The topological polar surface area (TPSA) is 131 Å². The molecule has 30 heavy (non-hydrogen) atoms. The van der Waals surface area contributed by atoms with Crippen LogP contribution < -0.4 is 16.4 Å². The van der Waals surface area contributed by atoms with Crippen LogP contribution >= 0.6 is 0 Å². The zero-order chi connectivity index (χ0) is 21.7. The number of hydrogen-bond donors (Lipinski definition) is 3. The Labute approximate surface area is 175 Å². The lowest BCUT2D eigenvalue weighted by Crippen LogP contribution is -2.40. The largest absolute Gasteiger partial charge is 0.379 e. The minimum absolute atomic E-state index is 0.116. The van der Waals surface area contributed by atoms with E-state index in [1.807, 2.05) is 0 Å². The number of primary amides is 1. The number of rotatable bonds is 7. The van der Waals surface area contributed by atoms with Crippen molar-refractivity contribution >= 4 is 33.2 Å². The molecule has 2 amide bonds. The highest BCUT2D eigenvalue weighted by molar-refractivity contribution is 7.89. The van der Waals surface area contributed by atoms with Gasteiger partial charge in [-0.1, -0.05) is 6.07 Å². The second kappa shape index (κ2) is 9.24. The van der Waals surface area contributed by atoms with Crippen LogP contribution in [0.1, 0.15) is 17.3 Å². The Morgan fingerprint density at radius 3 is 2.37 bits per heavy atom. The van der Waals surface area contributed by atoms with Crippen molar-refractivity contribution in [2.24, 2.45) is 5.73 Å². The molecule has 0 radical (unpaired) electrons. The number of nitrogens with two attached hydrogens (primary N) is 1. The van der Waals surface area contributed by atoms with Crippen LogP contribution in [0.2, 0.25) is 0 Å². The first-order chi connectivity index (χ1) is 14.3. The number of nitrogens with zero attached hydrogens (tertiary/aromatic N) is 1. The van der Waals surface area contributed by atoms with Gasteiger partial charge in [0.1, 0.15) is 6.04 Å². The summed E-state index contributed by atoms with van der Waals surface area (Å²) in [6.07, 6.45) is 0. The maximum atomic E-state index is 12.8. The minimum atomic E-state index is -3.65. The Morgan fingerprint density at radius 2 is 1.73 bits per heavy atom. The van der Waals surface area contributed by atoms with Crippen molar-refractivity contribution in [3.63, 3.8) is 0 Å². The fourth-order valence-corrected chi connectivity index (χ4v) is 4.42. The first-order valence-corrected chi connectivity index (χ1v) is 10.9. The molecule has 1 atom stereocenters. The molecule has 2 aromatic rings. The quantitative estimate of drug-likeness (QED) is 0.603. The number of ether oxygens (including phenoxy) is 1. The zero-order valence-corrected chi connectivity index (χ0v) is 17.3. The molecule has 160 valence electrons. The Hall–Kier alpha value is -2.95. The molecule has 0 aromatic heterocycles. The second-order valence-corrected chi connectivity index (χ2v) is 8.78. The van der Waals surface area contributed by atoms with Crippen molar-refractivity contribution in [2.45, 2.75) is 17.9 Å². The molecule has 10 heteroatoms. The smallest absolute Gasteiger partial charge is 0.248 e. The van der Waals surface area contributed by atoms with Gasteiger partial charge < -0.3 is 21.1 Å². The first-order valence-electron chi connectivity index (χ1n) is 9.42. The summed E-state index contributed by atoms with van der Waals surface area (Å²) < 4.78 is 32.2. The average molecular weight is 433 g/mol. The molecule has 4 N–H and O–H groups in total. The molecule has 0 aliphatic carbocycles. The van der Waals surface area contributed by atoms with E-state index in [1.54, 1.807) is 43.3 Å². The second-order valence-electron chi connectivity index (χ2n) is 6.84. The van der Waals surface area contributed by atoms with Gasteiger partial charge in [0.25, 0.3) is 0 Å². The third-order valence-electron chi connectivity index (χ3n) is 4.66. The molecule has 3 rings (SSSR count). The zero-order valence-electron chi connectivity index (χ0n) is 16.5. The molecule has 1 heterocycles. The molecule has 0 unspecified atom stereocenters. The van der Waals surface area contributed by atoms with Crippen LogP contribution in [0.15, 0.2) is 53.4 Å². The molecule has 9 nitrogen and oxygen atoms in total. The third-order valence-corrected chi connectivity index (χ3v) is 6.55. The lowest BCUT2D eigenvalue weighted by molar-refractivity contribution is -0.116. The van der Waals surface area contributed by atoms with Crippen LogP contribution in [-0.4, -0.2) is 56.9 Å². The number of nitrogens with one attached hydrogen (secondary N) is 2. The molecule has 1 aliphatic rings. The van der Waals surface area contributed by atoms with Crippen LogP contribution in [-0.2, 0) is 19.6 Å². The van der Waals surface area contributed by atoms with Gasteiger partial charge in [-0.05, 0) is 49.4 Å². The van der Waals surface area contributed by atoms with Gasteiger partial charge in [-0.15, -0.1) is 0 Å². The number of hydrogen-bond acceptors (Lipinski definition) is 6. The maximum absolute atomic E-state index is 12.8. The molecule has 0 saturated carbocycles. The summed E-state index contributed by atoms with van der Waals surface area (Å²) in [4.78, 5) is 23.8. The van der Waals surface area contributed by atoms with Gasteiger partial charge in [-0.25, -0.2) is 8.42 Å². The fourth-order valence-electron chi connectivity index (χ4n) is 2.97. The summed E-state index contributed by atoms with van der Waals surface area (Å²) in [5.41, 5.74) is 6.61. The lowest BCUT2D eigenvalue weighted by atomic mass is 10.2. The molecule has 1 saturated heterocycles. The van der Waals surface area contributed by atoms with E-state index in [-0.39, 0.29) is 10.8 Å². The summed E-state index contributed by atoms with van der Waals surface area (Å²) in [6, 6.07) is 12.0. The predicted octanol–water partition coefficient (Wildman–Crippen LogP) is 1.25. The number of benzene rings is 2. The van der Waals surface area contributed by atoms with Gasteiger partial charge in [0, 0.05) is 30.0 Å². The molecule has 0 spiro atoms. The molecular formula is C20H24N4O5S. The lowest BCUT2D eigenvalue weighted by Gasteiger charge is -2.26. The molecule has 2 aromatic carbocycles. The number of anilines is 2. The number of carbonyl (C=O) groups is 2. The third kappa shape index (κ3) is 5.15. The van der Waals surface area contributed by atoms with Gasteiger partial charge in [0.05, 0.1) is 18.1 Å². The van der Waals surface area contributed by atoms with Crippen molar-refractivity contribution < 1.29 is 22.7 Å². The van der Waals surface area contributed by atoms with E-state index in [9.17, 15) is 18.0 Å². The number of morpholine rings is 1. The highest BCUT2D eigenvalue weighted by Crippen LogP contribution is 2.21. The summed E-state index contributed by atoms with van der Waals surface area (Å²) in [6.45, 7) is 2.99. The van der Waals surface area contributed by atoms with E-state index in [4.69, 9.17) is 10.5 Å². The molecular weight excluding hydrogens is 408 g/mol. The SMILES string of the molecule is C[C@H](Nc1ccc(C(N)=O)cc1)C(=O)Nc1cccc(S(=O)(=O)N2CCOCC2)c1. The molecule has 1 aliphatic heterocycles. The molecule has 1 fully saturated rings. The molecule has 0 bridgehead atoms. The van der Waals surface area contributed by atoms with Crippen molar-refractivity contribution in [1.29, 1.82) is 0 Å². The first kappa shape index (κ1) is 21.8. The van der Waals surface area contributed by atoms with Crippen LogP contribution in [0.25, 0.3) is 0 Å². The summed E-state index contributed by atoms with van der Waals surface area (Å²) in [5, 5.41) is 5.74. The number of sulfonamides is 1. The highest BCUT2D eigenvalue weighted by Gasteiger charge is 2.26. The normalized spacial score (nSPS) is 15.9. The monoisotopic (exact) mass is 432 g/mol. The van der Waals surface area contributed by atoms with Crippen LogP contribution in [0.4, 0.5) is 11.4 Å². The average Bonchev–Trinajstić information content (AvgIpc) is 2.75. The van der Waals surface area contributed by atoms with Crippen molar-refractivity contribution in [1.82, 2.24) is 4.31 Å². The fraction of sp³-hybridized carbons (Fsp3) is 0.300. The van der Waals surface area contributed by atoms with Gasteiger partial charge in [-0.2, -0.15) is 4.31 Å². The van der Waals surface area contributed by atoms with Gasteiger partial charge in [0.15, 0.2) is 0 Å². The van der Waals surface area contributed by atoms with E-state index in [0.717, 1.165) is 0 Å². The Balaban J connectivity index is 1.66. The summed E-state index contributed by atoms with van der Waals surface area (Å²) in [7, 11) is -3.65. The van der Waals surface area contributed by atoms with E-state index >= 15 is 0 Å². The standard InChI is InChI=1S/C20H24N4O5S/c1-14(22-16-7-5-15(6-8-16)19(21)25)20(26)23-17-3-2-4-18(13-17)30(27,28)24-9-11-29-12-10-24/h2-8,13-14,22H,9-12H2,1H3,(H2,21,25)(H,23,26)/t14-/m0/s1. The van der Waals surface area contributed by atoms with Crippen molar-refractivity contribution in [2.75, 3.05) is 36.9 Å². The number of amides is 2. The highest BCUT2D eigenvalue weighted by atomic mass is 32.2. The van der Waals surface area contributed by atoms with Crippen molar-refractivity contribution in [3.05, 3.63) is 54.1 Å². The Morgan fingerprint density at radius 1 is 1.07 bits per heavy atom. The Bertz CT molecular complexity index is 1020. The van der Waals surface area contributed by atoms with Crippen LogP contribution in [0, 0.1) is 0 Å². The van der Waals surface area contributed by atoms with E-state index in [1.165, 1.54) is 16.4 Å². The maximum Gasteiger partial charge on any atom is 0.248 e. The van der Waals surface area contributed by atoms with Crippen LogP contribution in [0.5, 0.6) is 0 Å². The summed E-state index contributed by atoms with van der Waals surface area (Å²) in [5.74, 6) is -0.867. The predicted molar refractivity (Wildman–Crippen MR) is 113 cm³/mol. The van der Waals surface area contributed by atoms with E-state index in [0.29, 0.717) is 43.2 Å². The number of carbonyl (C=O) groups excluding carboxylic acids is 2. The Kier molecular flexibility index (Phi) is 6.70. The van der Waals surface area contributed by atoms with Crippen molar-refractivity contribution in [3.8, 4) is 0 Å². The van der Waals surface area contributed by atoms with E-state index in [2.05, 4.69) is 10.6 Å². The van der Waals surface area contributed by atoms with E-state index < -0.39 is 22.0 Å². The van der Waals surface area contributed by atoms with Gasteiger partial charge in [-0.3, -0.25) is 9.59 Å². The minimum Gasteiger partial charge on any atom is -0.379 e.